The number of rotatable bonds is 5. The Balaban J connectivity index is 1.85. The van der Waals surface area contributed by atoms with Gasteiger partial charge in [-0.3, -0.25) is 10.1 Å². The third-order valence-electron chi connectivity index (χ3n) is 3.85. The van der Waals surface area contributed by atoms with E-state index in [1.54, 1.807) is 12.1 Å². The lowest BCUT2D eigenvalue weighted by Gasteiger charge is -2.10. The summed E-state index contributed by atoms with van der Waals surface area (Å²) in [5.74, 6) is 1.59. The predicted molar refractivity (Wildman–Crippen MR) is 96.2 cm³/mol. The van der Waals surface area contributed by atoms with E-state index in [0.29, 0.717) is 12.2 Å². The van der Waals surface area contributed by atoms with Gasteiger partial charge < -0.3 is 5.32 Å². The lowest BCUT2D eigenvalue weighted by Crippen LogP contribution is -2.04. The summed E-state index contributed by atoms with van der Waals surface area (Å²) in [6.07, 6.45) is 0. The summed E-state index contributed by atoms with van der Waals surface area (Å²) in [5, 5.41) is 18.8. The molecule has 3 rings (SSSR count). The fraction of sp³-hybridized carbons (Fsp3) is 0.222. The second kappa shape index (κ2) is 6.72. The van der Waals surface area contributed by atoms with Crippen LogP contribution in [0, 0.1) is 30.9 Å². The molecule has 0 bridgehead atoms. The van der Waals surface area contributed by atoms with E-state index in [1.807, 2.05) is 55.8 Å². The summed E-state index contributed by atoms with van der Waals surface area (Å²) in [6, 6.07) is 12.9. The monoisotopic (exact) mass is 337 g/mol. The third kappa shape index (κ3) is 3.82. The molecule has 7 heteroatoms. The Bertz CT molecular complexity index is 933. The van der Waals surface area contributed by atoms with E-state index in [9.17, 15) is 10.1 Å². The molecule has 0 spiro atoms. The molecule has 0 aliphatic heterocycles. The second-order valence-electron chi connectivity index (χ2n) is 5.97. The Hall–Kier alpha value is -3.22. The number of nitrogens with one attached hydrogen (secondary N) is 1. The zero-order valence-electron chi connectivity index (χ0n) is 14.4. The van der Waals surface area contributed by atoms with Gasteiger partial charge in [0.15, 0.2) is 0 Å². The Morgan fingerprint density at radius 3 is 2.64 bits per heavy atom. The number of nitrogens with zero attached hydrogens (tertiary/aromatic N) is 4. The number of nitro benzene ring substituents is 1. The zero-order valence-corrected chi connectivity index (χ0v) is 14.4. The summed E-state index contributed by atoms with van der Waals surface area (Å²) in [4.78, 5) is 15.2. The molecular weight excluding hydrogens is 318 g/mol. The average Bonchev–Trinajstić information content (AvgIpc) is 2.87. The number of anilines is 2. The molecule has 1 heterocycles. The average molecular weight is 337 g/mol. The molecular formula is C18H19N5O2. The Labute approximate surface area is 145 Å². The van der Waals surface area contributed by atoms with Gasteiger partial charge in [-0.15, -0.1) is 0 Å². The lowest BCUT2D eigenvalue weighted by atomic mass is 10.1. The van der Waals surface area contributed by atoms with Crippen LogP contribution in [0.15, 0.2) is 42.5 Å². The summed E-state index contributed by atoms with van der Waals surface area (Å²) < 4.78 is 1.84. The first-order valence-electron chi connectivity index (χ1n) is 7.91. The highest BCUT2D eigenvalue weighted by Gasteiger charge is 2.14. The Kier molecular flexibility index (Phi) is 4.47. The molecule has 0 aliphatic carbocycles. The van der Waals surface area contributed by atoms with Crippen LogP contribution in [0.4, 0.5) is 17.1 Å². The highest BCUT2D eigenvalue weighted by molar-refractivity contribution is 5.70. The van der Waals surface area contributed by atoms with Crippen LogP contribution in [0.3, 0.4) is 0 Å². The van der Waals surface area contributed by atoms with Gasteiger partial charge in [-0.1, -0.05) is 18.2 Å². The number of aromatic nitrogens is 3. The van der Waals surface area contributed by atoms with Gasteiger partial charge in [0.1, 0.15) is 17.3 Å². The molecule has 3 aromatic rings. The van der Waals surface area contributed by atoms with Crippen LogP contribution in [0.25, 0.3) is 0 Å². The predicted octanol–water partition coefficient (Wildman–Crippen LogP) is 3.90. The minimum Gasteiger partial charge on any atom is -0.350 e. The highest BCUT2D eigenvalue weighted by Crippen LogP contribution is 2.28. The molecule has 0 radical (unpaired) electrons. The summed E-state index contributed by atoms with van der Waals surface area (Å²) in [6.45, 7) is 6.20. The third-order valence-corrected chi connectivity index (χ3v) is 3.85. The van der Waals surface area contributed by atoms with Crippen molar-refractivity contribution in [1.82, 2.24) is 14.8 Å². The second-order valence-corrected chi connectivity index (χ2v) is 5.97. The molecule has 0 saturated heterocycles. The van der Waals surface area contributed by atoms with Gasteiger partial charge in [0.2, 0.25) is 0 Å². The topological polar surface area (TPSA) is 85.9 Å². The van der Waals surface area contributed by atoms with E-state index in [-0.39, 0.29) is 10.6 Å². The van der Waals surface area contributed by atoms with E-state index >= 15 is 0 Å². The van der Waals surface area contributed by atoms with E-state index in [1.165, 1.54) is 0 Å². The van der Waals surface area contributed by atoms with Crippen molar-refractivity contribution in [2.45, 2.75) is 27.3 Å². The zero-order chi connectivity index (χ0) is 18.0. The maximum Gasteiger partial charge on any atom is 0.292 e. The maximum atomic E-state index is 11.3. The first-order chi connectivity index (χ1) is 11.9. The van der Waals surface area contributed by atoms with Crippen molar-refractivity contribution in [3.05, 3.63) is 75.4 Å². The van der Waals surface area contributed by atoms with Crippen molar-refractivity contribution in [3.8, 4) is 0 Å². The molecule has 0 unspecified atom stereocenters. The molecule has 0 amide bonds. The smallest absolute Gasteiger partial charge is 0.292 e. The molecule has 7 nitrogen and oxygen atoms in total. The van der Waals surface area contributed by atoms with Gasteiger partial charge in [0, 0.05) is 11.8 Å². The lowest BCUT2D eigenvalue weighted by molar-refractivity contribution is -0.384. The van der Waals surface area contributed by atoms with Crippen molar-refractivity contribution < 1.29 is 4.92 Å². The van der Waals surface area contributed by atoms with Gasteiger partial charge in [0.05, 0.1) is 11.5 Å². The van der Waals surface area contributed by atoms with Crippen molar-refractivity contribution in [2.75, 3.05) is 5.32 Å². The maximum absolute atomic E-state index is 11.3. The van der Waals surface area contributed by atoms with Gasteiger partial charge >= 0.3 is 0 Å². The minimum atomic E-state index is -0.374. The van der Waals surface area contributed by atoms with Crippen LogP contribution >= 0.6 is 0 Å². The van der Waals surface area contributed by atoms with Gasteiger partial charge in [-0.05, 0) is 50.1 Å². The van der Waals surface area contributed by atoms with Crippen LogP contribution in [0.5, 0.6) is 0 Å². The van der Waals surface area contributed by atoms with Crippen LogP contribution in [0.1, 0.15) is 22.8 Å². The quantitative estimate of drug-likeness (QED) is 0.563. The van der Waals surface area contributed by atoms with Crippen LogP contribution in [0.2, 0.25) is 0 Å². The van der Waals surface area contributed by atoms with Crippen LogP contribution < -0.4 is 5.32 Å². The van der Waals surface area contributed by atoms with Gasteiger partial charge in [-0.25, -0.2) is 9.67 Å². The number of aryl methyl sites for hydroxylation is 3. The van der Waals surface area contributed by atoms with Crippen LogP contribution in [-0.2, 0) is 6.54 Å². The first-order valence-corrected chi connectivity index (χ1v) is 7.91. The van der Waals surface area contributed by atoms with E-state index < -0.39 is 0 Å². The fourth-order valence-corrected chi connectivity index (χ4v) is 2.69. The summed E-state index contributed by atoms with van der Waals surface area (Å²) in [7, 11) is 0. The number of hydrogen-bond acceptors (Lipinski definition) is 5. The van der Waals surface area contributed by atoms with Gasteiger partial charge in [0.25, 0.3) is 5.69 Å². The van der Waals surface area contributed by atoms with E-state index in [0.717, 1.165) is 28.5 Å². The Morgan fingerprint density at radius 1 is 1.16 bits per heavy atom. The largest absolute Gasteiger partial charge is 0.350 e. The molecule has 0 aliphatic rings. The fourth-order valence-electron chi connectivity index (χ4n) is 2.69. The summed E-state index contributed by atoms with van der Waals surface area (Å²) >= 11 is 0. The van der Waals surface area contributed by atoms with E-state index in [2.05, 4.69) is 15.4 Å². The SMILES string of the molecule is Cc1ccc(Nc2cccc(Cn3nc(C)nc3C)c2)c([N+](=O)[O-])c1. The molecule has 25 heavy (non-hydrogen) atoms. The minimum absolute atomic E-state index is 0.0631. The first kappa shape index (κ1) is 16.6. The number of nitro groups is 1. The van der Waals surface area contributed by atoms with Crippen molar-refractivity contribution in [1.29, 1.82) is 0 Å². The molecule has 0 saturated carbocycles. The molecule has 1 aromatic heterocycles. The van der Waals surface area contributed by atoms with Crippen molar-refractivity contribution in [2.24, 2.45) is 0 Å². The highest BCUT2D eigenvalue weighted by atomic mass is 16.6. The normalized spacial score (nSPS) is 10.7. The molecule has 0 fully saturated rings. The molecule has 0 atom stereocenters. The molecule has 1 N–H and O–H groups in total. The number of hydrogen-bond donors (Lipinski definition) is 1. The van der Waals surface area contributed by atoms with E-state index in [4.69, 9.17) is 0 Å². The molecule has 128 valence electrons. The van der Waals surface area contributed by atoms with Crippen molar-refractivity contribution >= 4 is 17.1 Å². The van der Waals surface area contributed by atoms with Crippen molar-refractivity contribution in [3.63, 3.8) is 0 Å². The van der Waals surface area contributed by atoms with Crippen LogP contribution in [-0.4, -0.2) is 19.7 Å². The molecule has 2 aromatic carbocycles. The van der Waals surface area contributed by atoms with Gasteiger partial charge in [-0.2, -0.15) is 5.10 Å². The Morgan fingerprint density at radius 2 is 1.96 bits per heavy atom. The number of benzene rings is 2. The standard InChI is InChI=1S/C18H19N5O2/c1-12-7-8-17(18(9-12)23(24)25)20-16-6-4-5-15(10-16)11-22-14(3)19-13(2)21-22/h4-10,20H,11H2,1-3H3. The summed E-state index contributed by atoms with van der Waals surface area (Å²) in [5.41, 5.74) is 3.21.